The van der Waals surface area contributed by atoms with E-state index in [1.807, 2.05) is 75.4 Å². The van der Waals surface area contributed by atoms with Crippen LogP contribution in [0.25, 0.3) is 0 Å². The maximum Gasteiger partial charge on any atom is 0.246 e. The molecule has 0 spiro atoms. The maximum absolute atomic E-state index is 12.2. The Morgan fingerprint density at radius 1 is 1.07 bits per heavy atom. The summed E-state index contributed by atoms with van der Waals surface area (Å²) in [6.45, 7) is 6.16. The molecule has 27 heavy (non-hydrogen) atoms. The van der Waals surface area contributed by atoms with Crippen molar-refractivity contribution < 1.29 is 14.1 Å². The molecule has 0 atom stereocenters. The molecule has 1 amide bonds. The van der Waals surface area contributed by atoms with Gasteiger partial charge in [-0.15, -0.1) is 0 Å². The Balaban J connectivity index is 1.60. The molecule has 140 valence electrons. The smallest absolute Gasteiger partial charge is 0.246 e. The molecule has 0 saturated heterocycles. The summed E-state index contributed by atoms with van der Waals surface area (Å²) < 4.78 is 11.1. The van der Waals surface area contributed by atoms with Gasteiger partial charge in [0.25, 0.3) is 0 Å². The lowest BCUT2D eigenvalue weighted by Crippen LogP contribution is -2.21. The van der Waals surface area contributed by atoms with Gasteiger partial charge in [0.1, 0.15) is 5.75 Å². The monoisotopic (exact) mass is 365 g/mol. The molecule has 0 aliphatic heterocycles. The van der Waals surface area contributed by atoms with Gasteiger partial charge in [0.2, 0.25) is 11.8 Å². The first-order chi connectivity index (χ1) is 12.9. The number of rotatable bonds is 6. The number of nitrogens with zero attached hydrogens (tertiary/aromatic N) is 1. The minimum atomic E-state index is -0.235. The second kappa shape index (κ2) is 7.95. The zero-order valence-electron chi connectivity index (χ0n) is 15.7. The number of amides is 1. The van der Waals surface area contributed by atoms with Crippen molar-refractivity contribution in [3.05, 3.63) is 66.4 Å². The highest BCUT2D eigenvalue weighted by molar-refractivity contribution is 5.92. The van der Waals surface area contributed by atoms with Gasteiger partial charge in [0.15, 0.2) is 5.75 Å². The van der Waals surface area contributed by atoms with Crippen LogP contribution in [-0.4, -0.2) is 17.6 Å². The van der Waals surface area contributed by atoms with Crippen molar-refractivity contribution >= 4 is 17.5 Å². The molecule has 0 unspecified atom stereocenters. The number of hydrogen-bond donors (Lipinski definition) is 2. The largest absolute Gasteiger partial charge is 0.455 e. The van der Waals surface area contributed by atoms with Gasteiger partial charge < -0.3 is 14.6 Å². The van der Waals surface area contributed by atoms with E-state index in [1.54, 1.807) is 6.07 Å². The molecule has 0 saturated carbocycles. The molecule has 1 heterocycles. The lowest BCUT2D eigenvalue weighted by atomic mass is 9.92. The first-order valence-corrected chi connectivity index (χ1v) is 8.75. The summed E-state index contributed by atoms with van der Waals surface area (Å²) in [6.07, 6.45) is 0. The molecule has 0 bridgehead atoms. The van der Waals surface area contributed by atoms with E-state index in [9.17, 15) is 4.79 Å². The summed E-state index contributed by atoms with van der Waals surface area (Å²) in [4.78, 5) is 12.2. The van der Waals surface area contributed by atoms with Crippen LogP contribution in [0.15, 0.2) is 65.2 Å². The summed E-state index contributed by atoms with van der Waals surface area (Å²) in [7, 11) is 0. The lowest BCUT2D eigenvalue weighted by molar-refractivity contribution is -0.114. The number of anilines is 2. The minimum absolute atomic E-state index is 0.0702. The highest BCUT2D eigenvalue weighted by Gasteiger charge is 2.19. The van der Waals surface area contributed by atoms with Gasteiger partial charge in [0.05, 0.1) is 17.9 Å². The Bertz CT molecular complexity index is 898. The van der Waals surface area contributed by atoms with E-state index in [1.165, 1.54) is 0 Å². The average Bonchev–Trinajstić information content (AvgIpc) is 3.11. The molecular formula is C21H23N3O3. The Morgan fingerprint density at radius 3 is 2.48 bits per heavy atom. The molecule has 6 nitrogen and oxygen atoms in total. The van der Waals surface area contributed by atoms with Gasteiger partial charge in [-0.1, -0.05) is 56.3 Å². The van der Waals surface area contributed by atoms with Crippen LogP contribution in [0.4, 0.5) is 11.6 Å². The second-order valence-corrected chi connectivity index (χ2v) is 7.14. The summed E-state index contributed by atoms with van der Waals surface area (Å²) in [5.41, 5.74) is 1.37. The van der Waals surface area contributed by atoms with E-state index in [2.05, 4.69) is 15.8 Å². The van der Waals surface area contributed by atoms with Crippen LogP contribution in [0.2, 0.25) is 0 Å². The molecular weight excluding hydrogens is 342 g/mol. The van der Waals surface area contributed by atoms with Crippen molar-refractivity contribution in [2.24, 2.45) is 0 Å². The van der Waals surface area contributed by atoms with Crippen LogP contribution in [-0.2, 0) is 10.2 Å². The predicted molar refractivity (Wildman–Crippen MR) is 105 cm³/mol. The molecule has 6 heteroatoms. The summed E-state index contributed by atoms with van der Waals surface area (Å²) in [5, 5.41) is 9.78. The molecule has 3 aromatic rings. The van der Waals surface area contributed by atoms with E-state index in [-0.39, 0.29) is 17.9 Å². The predicted octanol–water partition coefficient (Wildman–Crippen LogP) is 4.82. The maximum atomic E-state index is 12.2. The first kappa shape index (κ1) is 18.5. The molecule has 3 rings (SSSR count). The third-order valence-corrected chi connectivity index (χ3v) is 3.84. The van der Waals surface area contributed by atoms with E-state index >= 15 is 0 Å². The SMILES string of the molecule is CC(C)(C)c1cc(NC(=O)CNc2ccccc2Oc2ccccc2)on1. The second-order valence-electron chi connectivity index (χ2n) is 7.14. The van der Waals surface area contributed by atoms with Gasteiger partial charge in [0, 0.05) is 11.5 Å². The zero-order chi connectivity index (χ0) is 19.3. The Labute approximate surface area is 158 Å². The molecule has 0 aliphatic carbocycles. The molecule has 0 fully saturated rings. The number of hydrogen-bond acceptors (Lipinski definition) is 5. The quantitative estimate of drug-likeness (QED) is 0.655. The number of benzene rings is 2. The third kappa shape index (κ3) is 5.10. The van der Waals surface area contributed by atoms with Crippen LogP contribution >= 0.6 is 0 Å². The fraction of sp³-hybridized carbons (Fsp3) is 0.238. The standard InChI is InChI=1S/C21H23N3O3/c1-21(2,3)18-13-20(27-24-18)23-19(25)14-22-16-11-7-8-12-17(16)26-15-9-5-4-6-10-15/h4-13,22H,14H2,1-3H3,(H,23,25). The number of nitrogens with one attached hydrogen (secondary N) is 2. The van der Waals surface area contributed by atoms with Crippen LogP contribution in [0.5, 0.6) is 11.5 Å². The highest BCUT2D eigenvalue weighted by Crippen LogP contribution is 2.29. The number of para-hydroxylation sites is 3. The van der Waals surface area contributed by atoms with Gasteiger partial charge in [-0.25, -0.2) is 0 Å². The number of carbonyl (C=O) groups excluding carboxylic acids is 1. The van der Waals surface area contributed by atoms with Gasteiger partial charge in [-0.2, -0.15) is 0 Å². The van der Waals surface area contributed by atoms with E-state index < -0.39 is 0 Å². The number of aromatic nitrogens is 1. The third-order valence-electron chi connectivity index (χ3n) is 3.84. The minimum Gasteiger partial charge on any atom is -0.455 e. The van der Waals surface area contributed by atoms with Crippen LogP contribution < -0.4 is 15.4 Å². The van der Waals surface area contributed by atoms with Crippen LogP contribution in [0.3, 0.4) is 0 Å². The van der Waals surface area contributed by atoms with E-state index in [0.717, 1.165) is 17.1 Å². The summed E-state index contributed by atoms with van der Waals surface area (Å²) in [6, 6.07) is 18.7. The van der Waals surface area contributed by atoms with Crippen molar-refractivity contribution in [2.45, 2.75) is 26.2 Å². The topological polar surface area (TPSA) is 76.4 Å². The van der Waals surface area contributed by atoms with Crippen LogP contribution in [0, 0.1) is 0 Å². The fourth-order valence-corrected chi connectivity index (χ4v) is 2.36. The van der Waals surface area contributed by atoms with Crippen molar-refractivity contribution in [1.82, 2.24) is 5.16 Å². The van der Waals surface area contributed by atoms with E-state index in [4.69, 9.17) is 9.26 Å². The van der Waals surface area contributed by atoms with Gasteiger partial charge in [-0.05, 0) is 24.3 Å². The van der Waals surface area contributed by atoms with E-state index in [0.29, 0.717) is 11.6 Å². The molecule has 2 N–H and O–H groups in total. The van der Waals surface area contributed by atoms with Gasteiger partial charge >= 0.3 is 0 Å². The molecule has 0 radical (unpaired) electrons. The summed E-state index contributed by atoms with van der Waals surface area (Å²) >= 11 is 0. The highest BCUT2D eigenvalue weighted by atomic mass is 16.5. The molecule has 2 aromatic carbocycles. The van der Waals surface area contributed by atoms with Crippen molar-refractivity contribution in [3.8, 4) is 11.5 Å². The molecule has 1 aromatic heterocycles. The summed E-state index contributed by atoms with van der Waals surface area (Å²) in [5.74, 6) is 1.47. The van der Waals surface area contributed by atoms with Crippen LogP contribution in [0.1, 0.15) is 26.5 Å². The lowest BCUT2D eigenvalue weighted by Gasteiger charge is -2.13. The number of ether oxygens (including phenoxy) is 1. The Hall–Kier alpha value is -3.28. The van der Waals surface area contributed by atoms with Crippen molar-refractivity contribution in [1.29, 1.82) is 0 Å². The zero-order valence-corrected chi connectivity index (χ0v) is 15.7. The Morgan fingerprint density at radius 2 is 1.78 bits per heavy atom. The van der Waals surface area contributed by atoms with Crippen molar-refractivity contribution in [3.63, 3.8) is 0 Å². The van der Waals surface area contributed by atoms with Crippen molar-refractivity contribution in [2.75, 3.05) is 17.2 Å². The first-order valence-electron chi connectivity index (χ1n) is 8.75. The van der Waals surface area contributed by atoms with Gasteiger partial charge in [-0.3, -0.25) is 10.1 Å². The normalized spacial score (nSPS) is 11.1. The molecule has 0 aliphatic rings. The Kier molecular flexibility index (Phi) is 5.45. The average molecular weight is 365 g/mol. The fourth-order valence-electron chi connectivity index (χ4n) is 2.36. The number of carbonyl (C=O) groups is 1.